The highest BCUT2D eigenvalue weighted by Gasteiger charge is 2.27. The zero-order chi connectivity index (χ0) is 19.3. The van der Waals surface area contributed by atoms with Gasteiger partial charge in [0.2, 0.25) is 5.91 Å². The number of methoxy groups -OCH3 is 1. The van der Waals surface area contributed by atoms with Crippen LogP contribution in [0.15, 0.2) is 12.1 Å². The molecule has 0 aliphatic carbocycles. The smallest absolute Gasteiger partial charge is 0.257 e. The summed E-state index contributed by atoms with van der Waals surface area (Å²) in [5, 5.41) is 0.321. The van der Waals surface area contributed by atoms with Gasteiger partial charge in [0.05, 0.1) is 29.9 Å². The molecule has 1 heterocycles. The Morgan fingerprint density at radius 2 is 1.73 bits per heavy atom. The van der Waals surface area contributed by atoms with Gasteiger partial charge in [0.25, 0.3) is 5.91 Å². The molecule has 1 aromatic carbocycles. The van der Waals surface area contributed by atoms with E-state index in [1.54, 1.807) is 11.0 Å². The van der Waals surface area contributed by atoms with E-state index in [0.29, 0.717) is 54.7 Å². The van der Waals surface area contributed by atoms with Gasteiger partial charge in [0, 0.05) is 32.2 Å². The van der Waals surface area contributed by atoms with Crippen molar-refractivity contribution in [2.75, 3.05) is 58.7 Å². The molecule has 2 rings (SSSR count). The standard InChI is InChI=1S/C18H27ClN4O3/c1-4-21(5-2)12-17(24)22-6-8-23(9-7-22)18(25)13-10-14(19)15(20)11-16(13)26-3/h10-11H,4-9,12,20H2,1-3H3. The molecule has 0 bridgehead atoms. The third kappa shape index (κ3) is 4.59. The predicted octanol–water partition coefficient (Wildman–Crippen LogP) is 1.56. The molecule has 2 amide bonds. The number of nitrogens with zero attached hydrogens (tertiary/aromatic N) is 3. The van der Waals surface area contributed by atoms with E-state index in [2.05, 4.69) is 4.90 Å². The summed E-state index contributed by atoms with van der Waals surface area (Å²) in [6.45, 7) is 8.20. The lowest BCUT2D eigenvalue weighted by Gasteiger charge is -2.36. The van der Waals surface area contributed by atoms with Crippen LogP contribution >= 0.6 is 11.6 Å². The van der Waals surface area contributed by atoms with Crippen LogP contribution in [0.5, 0.6) is 5.75 Å². The van der Waals surface area contributed by atoms with Gasteiger partial charge in [-0.15, -0.1) is 0 Å². The van der Waals surface area contributed by atoms with Crippen molar-refractivity contribution in [2.24, 2.45) is 0 Å². The van der Waals surface area contributed by atoms with E-state index in [0.717, 1.165) is 13.1 Å². The number of nitrogens with two attached hydrogens (primary N) is 1. The summed E-state index contributed by atoms with van der Waals surface area (Å²) in [5.74, 6) is 0.338. The molecule has 0 saturated carbocycles. The van der Waals surface area contributed by atoms with Crippen LogP contribution in [0.1, 0.15) is 24.2 Å². The lowest BCUT2D eigenvalue weighted by atomic mass is 10.1. The Labute approximate surface area is 159 Å². The summed E-state index contributed by atoms with van der Waals surface area (Å²) < 4.78 is 5.26. The fraction of sp³-hybridized carbons (Fsp3) is 0.556. The van der Waals surface area contributed by atoms with Gasteiger partial charge in [0.15, 0.2) is 0 Å². The van der Waals surface area contributed by atoms with E-state index in [4.69, 9.17) is 22.1 Å². The molecule has 1 aliphatic heterocycles. The van der Waals surface area contributed by atoms with Crippen molar-refractivity contribution < 1.29 is 14.3 Å². The van der Waals surface area contributed by atoms with Gasteiger partial charge in [-0.2, -0.15) is 0 Å². The first-order valence-electron chi connectivity index (χ1n) is 8.83. The van der Waals surface area contributed by atoms with E-state index < -0.39 is 0 Å². The SMILES string of the molecule is CCN(CC)CC(=O)N1CCN(C(=O)c2cc(Cl)c(N)cc2OC)CC1. The third-order valence-electron chi connectivity index (χ3n) is 4.72. The quantitative estimate of drug-likeness (QED) is 0.755. The minimum Gasteiger partial charge on any atom is -0.496 e. The molecular formula is C18H27ClN4O3. The zero-order valence-corrected chi connectivity index (χ0v) is 16.4. The van der Waals surface area contributed by atoms with Crippen molar-refractivity contribution in [1.29, 1.82) is 0 Å². The summed E-state index contributed by atoms with van der Waals surface area (Å²) in [6, 6.07) is 3.09. The van der Waals surface area contributed by atoms with Crippen LogP contribution in [0, 0.1) is 0 Å². The molecule has 0 unspecified atom stereocenters. The molecule has 1 aliphatic rings. The molecule has 0 atom stereocenters. The second-order valence-electron chi connectivity index (χ2n) is 6.21. The minimum absolute atomic E-state index is 0.105. The zero-order valence-electron chi connectivity index (χ0n) is 15.6. The maximum absolute atomic E-state index is 12.8. The number of hydrogen-bond donors (Lipinski definition) is 1. The van der Waals surface area contributed by atoms with Crippen molar-refractivity contribution in [2.45, 2.75) is 13.8 Å². The second-order valence-corrected chi connectivity index (χ2v) is 6.62. The van der Waals surface area contributed by atoms with Crippen molar-refractivity contribution in [3.05, 3.63) is 22.7 Å². The van der Waals surface area contributed by atoms with Gasteiger partial charge in [-0.3, -0.25) is 14.5 Å². The van der Waals surface area contributed by atoms with Crippen molar-refractivity contribution in [3.63, 3.8) is 0 Å². The van der Waals surface area contributed by atoms with Gasteiger partial charge < -0.3 is 20.3 Å². The van der Waals surface area contributed by atoms with Crippen LogP contribution in [-0.4, -0.2) is 79.4 Å². The van der Waals surface area contributed by atoms with Gasteiger partial charge in [-0.05, 0) is 19.2 Å². The molecule has 0 radical (unpaired) electrons. The van der Waals surface area contributed by atoms with Crippen molar-refractivity contribution in [1.82, 2.24) is 14.7 Å². The summed E-state index contributed by atoms with van der Waals surface area (Å²) in [4.78, 5) is 30.8. The molecule has 0 spiro atoms. The van der Waals surface area contributed by atoms with Gasteiger partial charge in [-0.1, -0.05) is 25.4 Å². The second kappa shape index (κ2) is 9.09. The normalized spacial score (nSPS) is 14.7. The number of carbonyl (C=O) groups excluding carboxylic acids is 2. The number of rotatable bonds is 6. The number of amides is 2. The number of anilines is 1. The van der Waals surface area contributed by atoms with Crippen molar-refractivity contribution in [3.8, 4) is 5.75 Å². The molecule has 1 saturated heterocycles. The first kappa shape index (κ1) is 20.3. The van der Waals surface area contributed by atoms with E-state index in [-0.39, 0.29) is 11.8 Å². The Morgan fingerprint density at radius 1 is 1.15 bits per heavy atom. The van der Waals surface area contributed by atoms with E-state index in [1.807, 2.05) is 18.7 Å². The van der Waals surface area contributed by atoms with Crippen LogP contribution in [0.25, 0.3) is 0 Å². The largest absolute Gasteiger partial charge is 0.496 e. The average Bonchev–Trinajstić information content (AvgIpc) is 2.67. The number of nitrogen functional groups attached to an aromatic ring is 1. The fourth-order valence-electron chi connectivity index (χ4n) is 2.97. The predicted molar refractivity (Wildman–Crippen MR) is 103 cm³/mol. The number of carbonyl (C=O) groups is 2. The Kier molecular flexibility index (Phi) is 7.11. The highest BCUT2D eigenvalue weighted by molar-refractivity contribution is 6.33. The third-order valence-corrected chi connectivity index (χ3v) is 5.05. The van der Waals surface area contributed by atoms with Gasteiger partial charge in [0.1, 0.15) is 5.75 Å². The number of halogens is 1. The number of ether oxygens (including phenoxy) is 1. The molecule has 8 heteroatoms. The summed E-state index contributed by atoms with van der Waals surface area (Å²) in [7, 11) is 1.49. The van der Waals surface area contributed by atoms with Crippen LogP contribution < -0.4 is 10.5 Å². The van der Waals surface area contributed by atoms with Crippen LogP contribution in [0.2, 0.25) is 5.02 Å². The summed E-state index contributed by atoms with van der Waals surface area (Å²) >= 11 is 6.06. The minimum atomic E-state index is -0.167. The Hall–Kier alpha value is -1.99. The summed E-state index contributed by atoms with van der Waals surface area (Å²) in [6.07, 6.45) is 0. The van der Waals surface area contributed by atoms with Gasteiger partial charge in [-0.25, -0.2) is 0 Å². The first-order valence-corrected chi connectivity index (χ1v) is 9.21. The van der Waals surface area contributed by atoms with Crippen molar-refractivity contribution >= 4 is 29.1 Å². The number of likely N-dealkylation sites (N-methyl/N-ethyl adjacent to an activating group) is 1. The molecule has 7 nitrogen and oxygen atoms in total. The molecule has 26 heavy (non-hydrogen) atoms. The fourth-order valence-corrected chi connectivity index (χ4v) is 3.14. The lowest BCUT2D eigenvalue weighted by molar-refractivity contribution is -0.133. The summed E-state index contributed by atoms with van der Waals surface area (Å²) in [5.41, 5.74) is 6.52. The van der Waals surface area contributed by atoms with E-state index in [1.165, 1.54) is 13.2 Å². The first-order chi connectivity index (χ1) is 12.4. The highest BCUT2D eigenvalue weighted by Crippen LogP contribution is 2.30. The number of benzene rings is 1. The molecular weight excluding hydrogens is 356 g/mol. The topological polar surface area (TPSA) is 79.1 Å². The number of piperazine rings is 1. The lowest BCUT2D eigenvalue weighted by Crippen LogP contribution is -2.52. The van der Waals surface area contributed by atoms with Crippen LogP contribution in [0.3, 0.4) is 0 Å². The maximum atomic E-state index is 12.8. The maximum Gasteiger partial charge on any atom is 0.257 e. The highest BCUT2D eigenvalue weighted by atomic mass is 35.5. The van der Waals surface area contributed by atoms with Gasteiger partial charge >= 0.3 is 0 Å². The molecule has 1 aromatic rings. The van der Waals surface area contributed by atoms with E-state index in [9.17, 15) is 9.59 Å². The molecule has 0 aromatic heterocycles. The molecule has 2 N–H and O–H groups in total. The Bertz CT molecular complexity index is 656. The Balaban J connectivity index is 2.01. The molecule has 1 fully saturated rings. The number of hydrogen-bond acceptors (Lipinski definition) is 5. The van der Waals surface area contributed by atoms with Crippen LogP contribution in [-0.2, 0) is 4.79 Å². The Morgan fingerprint density at radius 3 is 2.27 bits per heavy atom. The van der Waals surface area contributed by atoms with Crippen LogP contribution in [0.4, 0.5) is 5.69 Å². The van der Waals surface area contributed by atoms with E-state index >= 15 is 0 Å². The average molecular weight is 383 g/mol. The monoisotopic (exact) mass is 382 g/mol. The molecule has 144 valence electrons.